The summed E-state index contributed by atoms with van der Waals surface area (Å²) in [5.41, 5.74) is 2.02. The van der Waals surface area contributed by atoms with Gasteiger partial charge in [-0.2, -0.15) is 0 Å². The van der Waals surface area contributed by atoms with Crippen molar-refractivity contribution in [2.75, 3.05) is 20.3 Å². The van der Waals surface area contributed by atoms with Crippen molar-refractivity contribution >= 4 is 17.9 Å². The summed E-state index contributed by atoms with van der Waals surface area (Å²) in [6, 6.07) is 7.59. The zero-order valence-corrected chi connectivity index (χ0v) is 61.4. The van der Waals surface area contributed by atoms with Crippen LogP contribution in [0.2, 0.25) is 0 Å². The molecule has 0 spiro atoms. The van der Waals surface area contributed by atoms with Gasteiger partial charge in [0.2, 0.25) is 0 Å². The molecular formula is C73H142O9. The molecule has 488 valence electrons. The molecule has 0 bridgehead atoms. The number of esters is 3. The molecule has 0 amide bonds. The van der Waals surface area contributed by atoms with E-state index in [0.717, 1.165) is 77.1 Å². The molecule has 9 heteroatoms. The van der Waals surface area contributed by atoms with E-state index in [4.69, 9.17) is 28.4 Å². The minimum absolute atomic E-state index is 0.0109. The summed E-state index contributed by atoms with van der Waals surface area (Å²) in [5, 5.41) is 0. The van der Waals surface area contributed by atoms with E-state index in [-0.39, 0.29) is 40.9 Å². The number of ether oxygens (including phenoxy) is 6. The molecule has 9 nitrogen and oxygen atoms in total. The van der Waals surface area contributed by atoms with E-state index < -0.39 is 0 Å². The molecule has 0 saturated carbocycles. The predicted molar refractivity (Wildman–Crippen MR) is 357 cm³/mol. The molecule has 2 aliphatic rings. The molecule has 2 atom stereocenters. The van der Waals surface area contributed by atoms with Crippen LogP contribution in [0, 0.1) is 86.8 Å². The van der Waals surface area contributed by atoms with Crippen LogP contribution in [0.15, 0.2) is 48.3 Å². The predicted octanol–water partition coefficient (Wildman–Crippen LogP) is 22.6. The van der Waals surface area contributed by atoms with Crippen LogP contribution in [0.1, 0.15) is 297 Å². The number of rotatable bonds is 14. The fraction of sp³-hybridized carbons (Fsp3) is 0.822. The molecule has 2 heterocycles. The number of allylic oxidation sites excluding steroid dienone is 2. The van der Waals surface area contributed by atoms with Crippen molar-refractivity contribution < 1.29 is 42.8 Å². The molecule has 0 aromatic heterocycles. The topological polar surface area (TPSA) is 107 Å². The Labute approximate surface area is 512 Å². The Balaban J connectivity index is -0.000000201. The van der Waals surface area contributed by atoms with Gasteiger partial charge in [0.05, 0.1) is 23.0 Å². The maximum atomic E-state index is 11.4. The third kappa shape index (κ3) is 57.1. The summed E-state index contributed by atoms with van der Waals surface area (Å²) in [4.78, 5) is 33.9. The van der Waals surface area contributed by atoms with Crippen molar-refractivity contribution in [3.63, 3.8) is 0 Å². The Hall–Kier alpha value is -3.33. The Morgan fingerprint density at radius 2 is 1.02 bits per heavy atom. The molecule has 1 aromatic rings. The third-order valence-corrected chi connectivity index (χ3v) is 12.7. The van der Waals surface area contributed by atoms with E-state index in [0.29, 0.717) is 47.1 Å². The van der Waals surface area contributed by atoms with Crippen LogP contribution >= 0.6 is 0 Å². The molecule has 2 aliphatic heterocycles. The number of methoxy groups -OCH3 is 1. The highest BCUT2D eigenvalue weighted by molar-refractivity contribution is 5.94. The molecule has 0 saturated heterocycles. The molecule has 1 aromatic carbocycles. The van der Waals surface area contributed by atoms with Crippen molar-refractivity contribution in [1.82, 2.24) is 0 Å². The van der Waals surface area contributed by atoms with Crippen LogP contribution in [0.5, 0.6) is 0 Å². The highest BCUT2D eigenvalue weighted by Gasteiger charge is 2.32. The summed E-state index contributed by atoms with van der Waals surface area (Å²) in [7, 11) is 1.74. The monoisotopic (exact) mass is 1160 g/mol. The van der Waals surface area contributed by atoms with Crippen molar-refractivity contribution in [2.24, 2.45) is 86.8 Å². The van der Waals surface area contributed by atoms with Gasteiger partial charge < -0.3 is 28.4 Å². The van der Waals surface area contributed by atoms with Gasteiger partial charge in [-0.1, -0.05) is 212 Å². The average molecular weight is 1160 g/mol. The number of fused-ring (bicyclic) bond motifs is 1. The summed E-state index contributed by atoms with van der Waals surface area (Å²) in [5.74, 6) is 9.35. The van der Waals surface area contributed by atoms with E-state index in [1.165, 1.54) is 19.3 Å². The van der Waals surface area contributed by atoms with Crippen LogP contribution in [-0.2, 0) is 38.0 Å². The minimum Gasteiger partial charge on any atom is -0.465 e. The molecule has 0 N–H and O–H groups in total. The maximum Gasteiger partial charge on any atom is 0.339 e. The van der Waals surface area contributed by atoms with Crippen LogP contribution < -0.4 is 0 Å². The standard InChI is InChI=1S/C11H12O2.C10H20O2.C9H14O2.C9H18O2.C8H18.2C7H16.C6H14O.C6H14/c1-7(2)10-8-5-3-4-6-9(8)11(12)13-10;1-7(2)8(3)12-9(11)10(4,5)6;1-6(2)5-9-7(3)10-8(4)11-9;1-7(2)6-11-8(10)9(3,4)5;1-7(2)6-8(3,4)5;1-6(2)7(3,4)5;1-6(2)5-7(3)4;1-6(2)4-5-7-3;1-5(2)6(3)4/h3-7,10H,1-2H3;7-8H,1-6H3;6H,4-5H2,1-3H3;7H,6H2,1-5H3;7H,6H2,1-5H3;6H,1-5H3;6-7H,5H2,1-4H3;6H,4-5H2,1-3H3;5-6H,1-4H3. The first-order valence-corrected chi connectivity index (χ1v) is 31.7. The molecule has 0 fully saturated rings. The first-order chi connectivity index (χ1) is 36.8. The van der Waals surface area contributed by atoms with E-state index in [9.17, 15) is 14.4 Å². The van der Waals surface area contributed by atoms with Crippen molar-refractivity contribution in [3.8, 4) is 0 Å². The lowest BCUT2D eigenvalue weighted by atomic mass is 9.84. The molecule has 0 aliphatic carbocycles. The summed E-state index contributed by atoms with van der Waals surface area (Å²) in [6.45, 7) is 81.6. The zero-order chi connectivity index (χ0) is 66.4. The van der Waals surface area contributed by atoms with Crippen LogP contribution in [0.25, 0.3) is 0 Å². The minimum atomic E-state index is -0.386. The molecule has 0 radical (unpaired) electrons. The molecule has 82 heavy (non-hydrogen) atoms. The second-order valence-electron chi connectivity index (χ2n) is 31.0. The van der Waals surface area contributed by atoms with Crippen molar-refractivity contribution in [3.05, 3.63) is 59.4 Å². The lowest BCUT2D eigenvalue weighted by Crippen LogP contribution is -2.29. The van der Waals surface area contributed by atoms with Gasteiger partial charge in [0.15, 0.2) is 0 Å². The second-order valence-corrected chi connectivity index (χ2v) is 31.0. The SMILES string of the molecule is C=C1OC(C)=C(CC(C)C)O1.CC(C)C(C)(C)C.CC(C)C(C)C.CC(C)C(C)OC(=O)C(C)(C)C.CC(C)C1OC(=O)c2ccccc21.CC(C)CC(C)(C)C.CC(C)CC(C)C.CC(C)COC(=O)C(C)(C)C.COCCC(C)C. The van der Waals surface area contributed by atoms with E-state index in [1.54, 1.807) is 7.11 Å². The Kier molecular flexibility index (Phi) is 50.4. The fourth-order valence-electron chi connectivity index (χ4n) is 6.14. The Morgan fingerprint density at radius 3 is 1.27 bits per heavy atom. The molecule has 3 rings (SSSR count). The highest BCUT2D eigenvalue weighted by atomic mass is 16.7. The van der Waals surface area contributed by atoms with Gasteiger partial charge in [0.1, 0.15) is 23.7 Å². The zero-order valence-electron chi connectivity index (χ0n) is 61.4. The van der Waals surface area contributed by atoms with Crippen molar-refractivity contribution in [2.45, 2.75) is 287 Å². The average Bonchev–Trinajstić information content (AvgIpc) is 3.79. The van der Waals surface area contributed by atoms with Crippen LogP contribution in [-0.4, -0.2) is 44.3 Å². The van der Waals surface area contributed by atoms with E-state index in [2.05, 4.69) is 173 Å². The Bertz CT molecular complexity index is 1780. The van der Waals surface area contributed by atoms with Gasteiger partial charge in [-0.05, 0) is 163 Å². The number of benzene rings is 1. The van der Waals surface area contributed by atoms with Crippen LogP contribution in [0.3, 0.4) is 0 Å². The van der Waals surface area contributed by atoms with Gasteiger partial charge in [0.25, 0.3) is 5.95 Å². The quantitative estimate of drug-likeness (QED) is 0.133. The lowest BCUT2D eigenvalue weighted by molar-refractivity contribution is -0.159. The van der Waals surface area contributed by atoms with E-state index >= 15 is 0 Å². The number of hydrogen-bond acceptors (Lipinski definition) is 9. The second kappa shape index (κ2) is 46.0. The molecular weight excluding hydrogens is 1020 g/mol. The summed E-state index contributed by atoms with van der Waals surface area (Å²) >= 11 is 0. The summed E-state index contributed by atoms with van der Waals surface area (Å²) < 4.78 is 30.8. The smallest absolute Gasteiger partial charge is 0.339 e. The number of hydrogen-bond donors (Lipinski definition) is 0. The van der Waals surface area contributed by atoms with Gasteiger partial charge in [-0.15, -0.1) is 0 Å². The maximum absolute atomic E-state index is 11.4. The first-order valence-electron chi connectivity index (χ1n) is 31.7. The highest BCUT2D eigenvalue weighted by Crippen LogP contribution is 2.35. The lowest BCUT2D eigenvalue weighted by Gasteiger charge is -2.22. The normalized spacial score (nSPS) is 14.2. The van der Waals surface area contributed by atoms with Gasteiger partial charge in [-0.3, -0.25) is 9.59 Å². The summed E-state index contributed by atoms with van der Waals surface area (Å²) in [6.07, 6.45) is 4.74. The van der Waals surface area contributed by atoms with Crippen LogP contribution in [0.4, 0.5) is 0 Å². The van der Waals surface area contributed by atoms with Gasteiger partial charge >= 0.3 is 17.9 Å². The third-order valence-electron chi connectivity index (χ3n) is 12.7. The number of carbonyl (C=O) groups excluding carboxylic acids is 3. The number of cyclic esters (lactones) is 1. The van der Waals surface area contributed by atoms with Gasteiger partial charge in [0, 0.05) is 25.7 Å². The Morgan fingerprint density at radius 1 is 0.585 bits per heavy atom. The number of carbonyl (C=O) groups is 3. The molecule has 2 unspecified atom stereocenters. The first kappa shape index (κ1) is 89.9. The largest absolute Gasteiger partial charge is 0.465 e. The van der Waals surface area contributed by atoms with Gasteiger partial charge in [-0.25, -0.2) is 4.79 Å². The van der Waals surface area contributed by atoms with Crippen molar-refractivity contribution in [1.29, 1.82) is 0 Å². The van der Waals surface area contributed by atoms with E-state index in [1.807, 2.05) is 107 Å². The fourth-order valence-corrected chi connectivity index (χ4v) is 6.14.